The van der Waals surface area contributed by atoms with Crippen molar-refractivity contribution in [3.05, 3.63) is 44.6 Å². The molecule has 0 fully saturated rings. The van der Waals surface area contributed by atoms with Crippen LogP contribution in [0.1, 0.15) is 37.3 Å². The molecule has 5 nitrogen and oxygen atoms in total. The molecule has 2 amide bonds. The van der Waals surface area contributed by atoms with E-state index >= 15 is 0 Å². The van der Waals surface area contributed by atoms with Crippen molar-refractivity contribution >= 4 is 33.3 Å². The van der Waals surface area contributed by atoms with Crippen LogP contribution in [0, 0.1) is 0 Å². The van der Waals surface area contributed by atoms with E-state index in [0.29, 0.717) is 18.0 Å². The van der Waals surface area contributed by atoms with Crippen LogP contribution in [0.5, 0.6) is 11.5 Å². The molecule has 26 heavy (non-hydrogen) atoms. The lowest BCUT2D eigenvalue weighted by molar-refractivity contribution is 0.204. The Balaban J connectivity index is 2.01. The van der Waals surface area contributed by atoms with Crippen molar-refractivity contribution in [1.29, 1.82) is 0 Å². The van der Waals surface area contributed by atoms with E-state index in [4.69, 9.17) is 9.47 Å². The Morgan fingerprint density at radius 2 is 1.96 bits per heavy atom. The zero-order valence-electron chi connectivity index (χ0n) is 15.7. The maximum absolute atomic E-state index is 12.5. The number of nitrogens with zero attached hydrogens (tertiary/aromatic N) is 1. The van der Waals surface area contributed by atoms with Crippen LogP contribution in [0.4, 0.5) is 4.79 Å². The van der Waals surface area contributed by atoms with Crippen LogP contribution in [0.2, 0.25) is 0 Å². The second-order valence-corrected chi connectivity index (χ2v) is 8.86. The molecule has 1 heterocycles. The van der Waals surface area contributed by atoms with Crippen LogP contribution in [0.3, 0.4) is 0 Å². The summed E-state index contributed by atoms with van der Waals surface area (Å²) in [4.78, 5) is 15.2. The number of methoxy groups -OCH3 is 1. The van der Waals surface area contributed by atoms with Crippen molar-refractivity contribution in [2.45, 2.75) is 39.5 Å². The van der Waals surface area contributed by atoms with E-state index in [-0.39, 0.29) is 18.2 Å². The molecule has 0 aliphatic rings. The Bertz CT molecular complexity index is 748. The average Bonchev–Trinajstić information content (AvgIpc) is 2.99. The van der Waals surface area contributed by atoms with Gasteiger partial charge in [-0.15, -0.1) is 11.3 Å². The van der Waals surface area contributed by atoms with Gasteiger partial charge in [0.1, 0.15) is 0 Å². The number of urea groups is 1. The fraction of sp³-hybridized carbons (Fsp3) is 0.421. The number of hydrogen-bond donors (Lipinski definition) is 1. The molecule has 2 aromatic rings. The molecule has 0 saturated carbocycles. The minimum atomic E-state index is -0.151. The van der Waals surface area contributed by atoms with Crippen LogP contribution in [0.15, 0.2) is 34.1 Å². The van der Waals surface area contributed by atoms with Crippen LogP contribution in [0.25, 0.3) is 0 Å². The predicted molar refractivity (Wildman–Crippen MR) is 109 cm³/mol. The first-order valence-electron chi connectivity index (χ1n) is 8.40. The predicted octanol–water partition coefficient (Wildman–Crippen LogP) is 5.21. The summed E-state index contributed by atoms with van der Waals surface area (Å²) in [6.45, 7) is 6.46. The third-order valence-corrected chi connectivity index (χ3v) is 5.37. The first-order chi connectivity index (χ1) is 12.3. The molecule has 2 rings (SSSR count). The van der Waals surface area contributed by atoms with Gasteiger partial charge in [0.2, 0.25) is 0 Å². The summed E-state index contributed by atoms with van der Waals surface area (Å²) >= 11 is 5.07. The number of carbonyl (C=O) groups is 1. The number of ether oxygens (including phenoxy) is 2. The number of rotatable bonds is 7. The molecule has 1 unspecified atom stereocenters. The van der Waals surface area contributed by atoms with Gasteiger partial charge in [-0.1, -0.05) is 6.07 Å². The summed E-state index contributed by atoms with van der Waals surface area (Å²) in [6.07, 6.45) is 0.0674. The molecule has 0 aliphatic carbocycles. The number of amides is 2. The van der Waals surface area contributed by atoms with E-state index in [9.17, 15) is 4.79 Å². The van der Waals surface area contributed by atoms with Gasteiger partial charge in [0, 0.05) is 11.9 Å². The van der Waals surface area contributed by atoms with Gasteiger partial charge in [-0.05, 0) is 66.5 Å². The SMILES string of the molecule is COc1cc(C(C)NC(=O)N(C)Cc2ccc(Br)s2)ccc1OC(C)C. The normalized spacial score (nSPS) is 12.0. The summed E-state index contributed by atoms with van der Waals surface area (Å²) in [6, 6.07) is 9.46. The highest BCUT2D eigenvalue weighted by molar-refractivity contribution is 9.11. The molecular formula is C19H25BrN2O3S. The fourth-order valence-electron chi connectivity index (χ4n) is 2.43. The number of nitrogens with one attached hydrogen (secondary N) is 1. The molecule has 0 spiro atoms. The summed E-state index contributed by atoms with van der Waals surface area (Å²) < 4.78 is 12.2. The van der Waals surface area contributed by atoms with E-state index in [1.54, 1.807) is 30.4 Å². The van der Waals surface area contributed by atoms with Crippen molar-refractivity contribution in [3.63, 3.8) is 0 Å². The molecule has 0 saturated heterocycles. The Labute approximate surface area is 167 Å². The second-order valence-electron chi connectivity index (χ2n) is 6.31. The highest BCUT2D eigenvalue weighted by Gasteiger charge is 2.16. The standard InChI is InChI=1S/C19H25BrN2O3S/c1-12(2)25-16-8-6-14(10-17(16)24-5)13(3)21-19(23)22(4)11-15-7-9-18(20)26-15/h6-10,12-13H,11H2,1-5H3,(H,21,23). The van der Waals surface area contributed by atoms with Gasteiger partial charge in [-0.3, -0.25) is 0 Å². The quantitative estimate of drug-likeness (QED) is 0.642. The molecular weight excluding hydrogens is 416 g/mol. The van der Waals surface area contributed by atoms with Gasteiger partial charge in [0.15, 0.2) is 11.5 Å². The molecule has 0 radical (unpaired) electrons. The lowest BCUT2D eigenvalue weighted by atomic mass is 10.1. The van der Waals surface area contributed by atoms with Gasteiger partial charge in [0.25, 0.3) is 0 Å². The molecule has 0 aliphatic heterocycles. The summed E-state index contributed by atoms with van der Waals surface area (Å²) in [5, 5.41) is 3.02. The van der Waals surface area contributed by atoms with Crippen molar-refractivity contribution in [2.75, 3.05) is 14.2 Å². The van der Waals surface area contributed by atoms with E-state index < -0.39 is 0 Å². The smallest absolute Gasteiger partial charge is 0.317 e. The monoisotopic (exact) mass is 440 g/mol. The van der Waals surface area contributed by atoms with Crippen LogP contribution in [-0.2, 0) is 6.54 Å². The maximum Gasteiger partial charge on any atom is 0.317 e. The number of hydrogen-bond acceptors (Lipinski definition) is 4. The summed E-state index contributed by atoms with van der Waals surface area (Å²) in [5.41, 5.74) is 0.957. The Kier molecular flexibility index (Phi) is 7.34. The summed E-state index contributed by atoms with van der Waals surface area (Å²) in [5.74, 6) is 1.36. The number of halogens is 1. The van der Waals surface area contributed by atoms with Crippen molar-refractivity contribution in [3.8, 4) is 11.5 Å². The zero-order chi connectivity index (χ0) is 19.3. The molecule has 142 valence electrons. The number of benzene rings is 1. The van der Waals surface area contributed by atoms with Crippen molar-refractivity contribution in [2.24, 2.45) is 0 Å². The van der Waals surface area contributed by atoms with Gasteiger partial charge in [-0.25, -0.2) is 4.79 Å². The third-order valence-electron chi connectivity index (χ3n) is 3.76. The zero-order valence-corrected chi connectivity index (χ0v) is 18.1. The fourth-order valence-corrected chi connectivity index (χ4v) is 3.96. The highest BCUT2D eigenvalue weighted by Crippen LogP contribution is 2.31. The number of carbonyl (C=O) groups excluding carboxylic acids is 1. The van der Waals surface area contributed by atoms with Crippen LogP contribution in [-0.4, -0.2) is 31.2 Å². The average molecular weight is 441 g/mol. The van der Waals surface area contributed by atoms with Gasteiger partial charge in [-0.2, -0.15) is 0 Å². The summed E-state index contributed by atoms with van der Waals surface area (Å²) in [7, 11) is 3.40. The minimum absolute atomic E-state index is 0.0674. The molecule has 1 atom stereocenters. The maximum atomic E-state index is 12.5. The molecule has 1 N–H and O–H groups in total. The van der Waals surface area contributed by atoms with E-state index in [2.05, 4.69) is 21.2 Å². The second kappa shape index (κ2) is 9.28. The van der Waals surface area contributed by atoms with Crippen molar-refractivity contribution in [1.82, 2.24) is 10.2 Å². The largest absolute Gasteiger partial charge is 0.493 e. The van der Waals surface area contributed by atoms with Gasteiger partial charge >= 0.3 is 6.03 Å². The van der Waals surface area contributed by atoms with Crippen LogP contribution < -0.4 is 14.8 Å². The van der Waals surface area contributed by atoms with Crippen LogP contribution >= 0.6 is 27.3 Å². The van der Waals surface area contributed by atoms with Gasteiger partial charge in [0.05, 0.1) is 29.6 Å². The van der Waals surface area contributed by atoms with E-state index in [1.165, 1.54) is 0 Å². The topological polar surface area (TPSA) is 50.8 Å². The third kappa shape index (κ3) is 5.64. The molecule has 1 aromatic carbocycles. The Morgan fingerprint density at radius 1 is 1.23 bits per heavy atom. The first-order valence-corrected chi connectivity index (χ1v) is 10.0. The first kappa shape index (κ1) is 20.6. The molecule has 0 bridgehead atoms. The lowest BCUT2D eigenvalue weighted by Gasteiger charge is -2.22. The highest BCUT2D eigenvalue weighted by atomic mass is 79.9. The van der Waals surface area contributed by atoms with Crippen molar-refractivity contribution < 1.29 is 14.3 Å². The Hall–Kier alpha value is -1.73. The van der Waals surface area contributed by atoms with E-state index in [0.717, 1.165) is 14.2 Å². The number of thiophene rings is 1. The van der Waals surface area contributed by atoms with Gasteiger partial charge < -0.3 is 19.7 Å². The Morgan fingerprint density at radius 3 is 2.54 bits per heavy atom. The van der Waals surface area contributed by atoms with E-state index in [1.807, 2.05) is 51.1 Å². The minimum Gasteiger partial charge on any atom is -0.493 e. The lowest BCUT2D eigenvalue weighted by Crippen LogP contribution is -2.38. The molecule has 7 heteroatoms. The molecule has 1 aromatic heterocycles.